The number of nitrogens with one attached hydrogen (secondary N) is 1. The van der Waals surface area contributed by atoms with E-state index in [-0.39, 0.29) is 18.5 Å². The predicted molar refractivity (Wildman–Crippen MR) is 155 cm³/mol. The van der Waals surface area contributed by atoms with Gasteiger partial charge >= 0.3 is 0 Å². The molecule has 1 atom stereocenters. The lowest BCUT2D eigenvalue weighted by Crippen LogP contribution is -2.53. The number of para-hydroxylation sites is 1. The van der Waals surface area contributed by atoms with Crippen molar-refractivity contribution in [1.29, 1.82) is 0 Å². The second-order valence-corrected chi connectivity index (χ2v) is 11.8. The number of sulfonamides is 1. The van der Waals surface area contributed by atoms with Crippen molar-refractivity contribution in [1.82, 2.24) is 10.2 Å². The smallest absolute Gasteiger partial charge is 0.244 e. The zero-order chi connectivity index (χ0) is 28.6. The number of rotatable bonds is 12. The first kappa shape index (κ1) is 30.0. The molecule has 2 amide bonds. The number of nitrogens with zero attached hydrogens (tertiary/aromatic N) is 2. The lowest BCUT2D eigenvalue weighted by atomic mass is 10.1. The van der Waals surface area contributed by atoms with Crippen molar-refractivity contribution in [2.75, 3.05) is 17.1 Å². The van der Waals surface area contributed by atoms with E-state index >= 15 is 0 Å². The Labute approximate surface area is 235 Å². The molecule has 3 aromatic rings. The van der Waals surface area contributed by atoms with Crippen molar-refractivity contribution in [3.8, 4) is 11.5 Å². The largest absolute Gasteiger partial charge is 0.457 e. The van der Waals surface area contributed by atoms with Gasteiger partial charge in [0.1, 0.15) is 24.1 Å². The Morgan fingerprint density at radius 1 is 0.923 bits per heavy atom. The fourth-order valence-electron chi connectivity index (χ4n) is 4.01. The van der Waals surface area contributed by atoms with E-state index in [4.69, 9.17) is 16.3 Å². The number of carbonyl (C=O) groups excluding carboxylic acids is 2. The van der Waals surface area contributed by atoms with E-state index in [1.807, 2.05) is 51.1 Å². The quantitative estimate of drug-likeness (QED) is 0.321. The van der Waals surface area contributed by atoms with Gasteiger partial charge in [0.25, 0.3) is 0 Å². The van der Waals surface area contributed by atoms with Gasteiger partial charge in [0.2, 0.25) is 21.8 Å². The van der Waals surface area contributed by atoms with Crippen molar-refractivity contribution in [2.45, 2.75) is 45.8 Å². The summed E-state index contributed by atoms with van der Waals surface area (Å²) in [7, 11) is -3.84. The summed E-state index contributed by atoms with van der Waals surface area (Å²) in [5, 5.41) is 3.41. The van der Waals surface area contributed by atoms with Crippen molar-refractivity contribution in [3.05, 3.63) is 89.4 Å². The number of hydrogen-bond donors (Lipinski definition) is 1. The maximum absolute atomic E-state index is 13.7. The first-order chi connectivity index (χ1) is 18.5. The van der Waals surface area contributed by atoms with E-state index in [1.165, 1.54) is 4.90 Å². The third-order valence-electron chi connectivity index (χ3n) is 5.87. The number of ether oxygens (including phenoxy) is 1. The van der Waals surface area contributed by atoms with Gasteiger partial charge in [-0.1, -0.05) is 48.9 Å². The van der Waals surface area contributed by atoms with Crippen LogP contribution in [-0.2, 0) is 26.2 Å². The monoisotopic (exact) mass is 571 g/mol. The van der Waals surface area contributed by atoms with Crippen LogP contribution in [0.3, 0.4) is 0 Å². The molecule has 1 unspecified atom stereocenters. The number of hydrogen-bond acceptors (Lipinski definition) is 5. The summed E-state index contributed by atoms with van der Waals surface area (Å²) >= 11 is 6.02. The van der Waals surface area contributed by atoms with Gasteiger partial charge < -0.3 is 15.0 Å². The average molecular weight is 572 g/mol. The van der Waals surface area contributed by atoms with Crippen LogP contribution in [0.4, 0.5) is 5.69 Å². The molecule has 0 aliphatic heterocycles. The minimum Gasteiger partial charge on any atom is -0.457 e. The van der Waals surface area contributed by atoms with Crippen molar-refractivity contribution >= 4 is 39.1 Å². The maximum Gasteiger partial charge on any atom is 0.244 e. The van der Waals surface area contributed by atoms with Gasteiger partial charge in [-0.15, -0.1) is 0 Å². The van der Waals surface area contributed by atoms with Gasteiger partial charge in [0.05, 0.1) is 11.9 Å². The highest BCUT2D eigenvalue weighted by Crippen LogP contribution is 2.26. The van der Waals surface area contributed by atoms with Crippen molar-refractivity contribution in [2.24, 2.45) is 0 Å². The van der Waals surface area contributed by atoms with E-state index < -0.39 is 28.5 Å². The summed E-state index contributed by atoms with van der Waals surface area (Å²) in [5.41, 5.74) is 1.06. The summed E-state index contributed by atoms with van der Waals surface area (Å²) in [6, 6.07) is 21.7. The lowest BCUT2D eigenvalue weighted by Gasteiger charge is -2.33. The zero-order valence-electron chi connectivity index (χ0n) is 22.5. The first-order valence-electron chi connectivity index (χ1n) is 12.6. The lowest BCUT2D eigenvalue weighted by molar-refractivity contribution is -0.140. The van der Waals surface area contributed by atoms with Gasteiger partial charge in [-0.05, 0) is 74.4 Å². The highest BCUT2D eigenvalue weighted by Gasteiger charge is 2.32. The molecule has 3 aromatic carbocycles. The van der Waals surface area contributed by atoms with E-state index in [0.29, 0.717) is 28.6 Å². The minimum absolute atomic E-state index is 0.113. The molecule has 0 heterocycles. The summed E-state index contributed by atoms with van der Waals surface area (Å²) in [5.74, 6) is 0.350. The Kier molecular flexibility index (Phi) is 10.4. The fourth-order valence-corrected chi connectivity index (χ4v) is 4.98. The summed E-state index contributed by atoms with van der Waals surface area (Å²) in [4.78, 5) is 28.2. The standard InChI is InChI=1S/C29H34ClN3O5S/c1-5-27(29(35)31-21(2)3)32(19-22-11-13-23(30)14-12-22)28(34)20-33(39(4,36)37)24-15-17-26(18-16-24)38-25-9-7-6-8-10-25/h6-18,21,27H,5,19-20H2,1-4H3,(H,31,35). The maximum atomic E-state index is 13.7. The molecule has 0 aromatic heterocycles. The van der Waals surface area contributed by atoms with Gasteiger partial charge in [-0.25, -0.2) is 8.42 Å². The third kappa shape index (κ3) is 8.73. The Morgan fingerprint density at radius 2 is 1.51 bits per heavy atom. The number of benzene rings is 3. The molecule has 0 fully saturated rings. The second-order valence-electron chi connectivity index (χ2n) is 9.41. The molecule has 0 spiro atoms. The van der Waals surface area contributed by atoms with Gasteiger partial charge in [-0.2, -0.15) is 0 Å². The fraction of sp³-hybridized carbons (Fsp3) is 0.310. The molecule has 10 heteroatoms. The van der Waals surface area contributed by atoms with Crippen LogP contribution in [0.15, 0.2) is 78.9 Å². The highest BCUT2D eigenvalue weighted by molar-refractivity contribution is 7.92. The summed E-state index contributed by atoms with van der Waals surface area (Å²) in [6.45, 7) is 5.13. The van der Waals surface area contributed by atoms with Gasteiger partial charge in [0.15, 0.2) is 0 Å². The van der Waals surface area contributed by atoms with Crippen LogP contribution >= 0.6 is 11.6 Å². The van der Waals surface area contributed by atoms with Gasteiger partial charge in [-0.3, -0.25) is 13.9 Å². The van der Waals surface area contributed by atoms with Crippen molar-refractivity contribution < 1.29 is 22.7 Å². The molecule has 0 radical (unpaired) electrons. The Morgan fingerprint density at radius 3 is 2.05 bits per heavy atom. The van der Waals surface area contributed by atoms with Crippen LogP contribution < -0.4 is 14.4 Å². The number of halogens is 1. The SMILES string of the molecule is CCC(C(=O)NC(C)C)N(Cc1ccc(Cl)cc1)C(=O)CN(c1ccc(Oc2ccccc2)cc1)S(C)(=O)=O. The molecule has 3 rings (SSSR count). The van der Waals surface area contributed by atoms with E-state index in [0.717, 1.165) is 16.1 Å². The normalized spacial score (nSPS) is 12.1. The molecular weight excluding hydrogens is 538 g/mol. The van der Waals surface area contributed by atoms with E-state index in [1.54, 1.807) is 48.5 Å². The summed E-state index contributed by atoms with van der Waals surface area (Å²) < 4.78 is 32.5. The molecule has 0 bridgehead atoms. The molecule has 39 heavy (non-hydrogen) atoms. The Bertz CT molecular complexity index is 1350. The topological polar surface area (TPSA) is 96.0 Å². The second kappa shape index (κ2) is 13.5. The number of amides is 2. The zero-order valence-corrected chi connectivity index (χ0v) is 24.1. The third-order valence-corrected chi connectivity index (χ3v) is 7.26. The summed E-state index contributed by atoms with van der Waals surface area (Å²) in [6.07, 6.45) is 1.39. The average Bonchev–Trinajstić information content (AvgIpc) is 2.88. The number of carbonyl (C=O) groups is 2. The first-order valence-corrected chi connectivity index (χ1v) is 14.9. The van der Waals surface area contributed by atoms with Crippen LogP contribution in [0.1, 0.15) is 32.8 Å². The highest BCUT2D eigenvalue weighted by atomic mass is 35.5. The predicted octanol–water partition coefficient (Wildman–Crippen LogP) is 5.23. The van der Waals surface area contributed by atoms with Crippen molar-refractivity contribution in [3.63, 3.8) is 0 Å². The van der Waals surface area contributed by atoms with E-state index in [2.05, 4.69) is 5.32 Å². The molecule has 0 aliphatic rings. The van der Waals surface area contributed by atoms with E-state index in [9.17, 15) is 18.0 Å². The molecule has 0 aliphatic carbocycles. The Hall–Kier alpha value is -3.56. The molecule has 1 N–H and O–H groups in total. The molecule has 0 saturated carbocycles. The van der Waals surface area contributed by atoms with Gasteiger partial charge in [0, 0.05) is 17.6 Å². The van der Waals surface area contributed by atoms with Crippen LogP contribution in [-0.4, -0.2) is 50.0 Å². The Balaban J connectivity index is 1.89. The molecular formula is C29H34ClN3O5S. The number of anilines is 1. The molecule has 208 valence electrons. The van der Waals surface area contributed by atoms with Crippen LogP contribution in [0.5, 0.6) is 11.5 Å². The minimum atomic E-state index is -3.84. The van der Waals surface area contributed by atoms with Crippen LogP contribution in [0, 0.1) is 0 Å². The van der Waals surface area contributed by atoms with Crippen LogP contribution in [0.2, 0.25) is 5.02 Å². The molecule has 0 saturated heterocycles. The van der Waals surface area contributed by atoms with Crippen LogP contribution in [0.25, 0.3) is 0 Å². The molecule has 8 nitrogen and oxygen atoms in total.